The van der Waals surface area contributed by atoms with Crippen LogP contribution < -0.4 is 0 Å². The molecule has 0 amide bonds. The molecule has 0 aliphatic heterocycles. The molecule has 4 nitrogen and oxygen atoms in total. The van der Waals surface area contributed by atoms with Gasteiger partial charge in [0.15, 0.2) is 17.4 Å². The van der Waals surface area contributed by atoms with E-state index in [0.29, 0.717) is 5.22 Å². The molecule has 4 bridgehead atoms. The van der Waals surface area contributed by atoms with Crippen LogP contribution in [-0.2, 0) is 5.41 Å². The maximum Gasteiger partial charge on any atom is 0.277 e. The van der Waals surface area contributed by atoms with E-state index in [0.717, 1.165) is 66.8 Å². The van der Waals surface area contributed by atoms with Crippen LogP contribution in [0.4, 0.5) is 8.78 Å². The van der Waals surface area contributed by atoms with E-state index in [4.69, 9.17) is 4.42 Å². The van der Waals surface area contributed by atoms with Crippen LogP contribution in [0.3, 0.4) is 0 Å². The second kappa shape index (κ2) is 6.40. The van der Waals surface area contributed by atoms with Crippen molar-refractivity contribution in [3.63, 3.8) is 0 Å². The molecule has 0 unspecified atom stereocenters. The number of Topliss-reactive ketones (excluding diaryl/α,β-unsaturated/α-hetero) is 1. The first-order chi connectivity index (χ1) is 13.0. The van der Waals surface area contributed by atoms with E-state index >= 15 is 0 Å². The lowest BCUT2D eigenvalue weighted by Gasteiger charge is -2.55. The summed E-state index contributed by atoms with van der Waals surface area (Å²) in [4.78, 5) is 12.2. The highest BCUT2D eigenvalue weighted by Gasteiger charge is 2.54. The predicted octanol–water partition coefficient (Wildman–Crippen LogP) is 4.79. The molecule has 0 atom stereocenters. The number of nitrogens with zero attached hydrogens (tertiary/aromatic N) is 2. The smallest absolute Gasteiger partial charge is 0.277 e. The maximum absolute atomic E-state index is 13.3. The standard InChI is InChI=1S/C20H20F2N2O2S/c21-15-2-1-14(6-16(15)22)17(25)10-27-19-24-23-18(26-19)20-7-11-3-12(8-20)5-13(4-11)9-20/h1-2,6,11-13H,3-5,7-10H2. The molecule has 4 aliphatic carbocycles. The van der Waals surface area contributed by atoms with Gasteiger partial charge in [-0.15, -0.1) is 10.2 Å². The quantitative estimate of drug-likeness (QED) is 0.543. The van der Waals surface area contributed by atoms with Gasteiger partial charge < -0.3 is 4.42 Å². The summed E-state index contributed by atoms with van der Waals surface area (Å²) < 4.78 is 32.2. The summed E-state index contributed by atoms with van der Waals surface area (Å²) in [6.45, 7) is 0. The molecule has 7 heteroatoms. The normalized spacial score (nSPS) is 31.4. The van der Waals surface area contributed by atoms with Gasteiger partial charge in [0.1, 0.15) is 0 Å². The minimum absolute atomic E-state index is 0.0324. The van der Waals surface area contributed by atoms with Gasteiger partial charge in [-0.25, -0.2) is 8.78 Å². The molecule has 0 spiro atoms. The van der Waals surface area contributed by atoms with Gasteiger partial charge in [0, 0.05) is 11.0 Å². The highest BCUT2D eigenvalue weighted by atomic mass is 32.2. The summed E-state index contributed by atoms with van der Waals surface area (Å²) in [5.74, 6) is 0.854. The molecule has 4 saturated carbocycles. The average molecular weight is 390 g/mol. The minimum Gasteiger partial charge on any atom is -0.415 e. The number of benzene rings is 1. The molecule has 1 aromatic carbocycles. The third-order valence-corrected chi connectivity index (χ3v) is 7.29. The molecule has 2 aromatic rings. The highest BCUT2D eigenvalue weighted by Crippen LogP contribution is 2.60. The molecule has 27 heavy (non-hydrogen) atoms. The van der Waals surface area contributed by atoms with Crippen LogP contribution in [0.1, 0.15) is 54.8 Å². The molecular weight excluding hydrogens is 370 g/mol. The van der Waals surface area contributed by atoms with E-state index in [1.807, 2.05) is 0 Å². The zero-order valence-electron chi connectivity index (χ0n) is 14.8. The summed E-state index contributed by atoms with van der Waals surface area (Å²) in [7, 11) is 0. The van der Waals surface area contributed by atoms with Gasteiger partial charge in [-0.2, -0.15) is 0 Å². The Morgan fingerprint density at radius 3 is 2.37 bits per heavy atom. The Balaban J connectivity index is 1.27. The third kappa shape index (κ3) is 3.10. The third-order valence-electron chi connectivity index (χ3n) is 6.47. The van der Waals surface area contributed by atoms with E-state index in [1.54, 1.807) is 0 Å². The van der Waals surface area contributed by atoms with Crippen molar-refractivity contribution in [3.05, 3.63) is 41.3 Å². The molecule has 4 aliphatic rings. The monoisotopic (exact) mass is 390 g/mol. The summed E-state index contributed by atoms with van der Waals surface area (Å²) in [6, 6.07) is 3.17. The zero-order chi connectivity index (χ0) is 18.6. The molecule has 6 rings (SSSR count). The topological polar surface area (TPSA) is 56.0 Å². The Morgan fingerprint density at radius 1 is 1.07 bits per heavy atom. The lowest BCUT2D eigenvalue weighted by molar-refractivity contribution is -0.0191. The molecule has 0 saturated heterocycles. The molecule has 0 N–H and O–H groups in total. The second-order valence-corrected chi connectivity index (χ2v) is 9.34. The summed E-state index contributed by atoms with van der Waals surface area (Å²) >= 11 is 1.15. The number of hydrogen-bond acceptors (Lipinski definition) is 5. The Kier molecular flexibility index (Phi) is 4.11. The molecule has 4 fully saturated rings. The summed E-state index contributed by atoms with van der Waals surface area (Å²) in [5.41, 5.74) is 0.173. The van der Waals surface area contributed by atoms with E-state index in [9.17, 15) is 13.6 Å². The molecule has 0 radical (unpaired) electrons. The van der Waals surface area contributed by atoms with E-state index < -0.39 is 11.6 Å². The van der Waals surface area contributed by atoms with Crippen LogP contribution in [0.15, 0.2) is 27.8 Å². The Hall–Kier alpha value is -1.76. The van der Waals surface area contributed by atoms with Gasteiger partial charge in [-0.05, 0) is 74.5 Å². The van der Waals surface area contributed by atoms with Crippen LogP contribution in [-0.4, -0.2) is 21.7 Å². The Labute approximate surface area is 160 Å². The number of rotatable bonds is 5. The Bertz CT molecular complexity index is 863. The summed E-state index contributed by atoms with van der Waals surface area (Å²) in [6.07, 6.45) is 7.45. The Morgan fingerprint density at radius 2 is 1.74 bits per heavy atom. The maximum atomic E-state index is 13.3. The molecule has 1 aromatic heterocycles. The van der Waals surface area contributed by atoms with Crippen molar-refractivity contribution in [1.29, 1.82) is 0 Å². The zero-order valence-corrected chi connectivity index (χ0v) is 15.6. The number of hydrogen-bond donors (Lipinski definition) is 0. The van der Waals surface area contributed by atoms with Crippen molar-refractivity contribution in [3.8, 4) is 0 Å². The number of ketones is 1. The predicted molar refractivity (Wildman–Crippen MR) is 95.6 cm³/mol. The van der Waals surface area contributed by atoms with Crippen LogP contribution in [0, 0.1) is 29.4 Å². The van der Waals surface area contributed by atoms with Gasteiger partial charge in [0.2, 0.25) is 5.89 Å². The lowest BCUT2D eigenvalue weighted by atomic mass is 9.49. The molecule has 142 valence electrons. The van der Waals surface area contributed by atoms with Crippen LogP contribution in [0.2, 0.25) is 0 Å². The minimum atomic E-state index is -1.02. The first kappa shape index (κ1) is 17.3. The highest BCUT2D eigenvalue weighted by molar-refractivity contribution is 7.99. The average Bonchev–Trinajstić information content (AvgIpc) is 3.11. The van der Waals surface area contributed by atoms with E-state index in [-0.39, 0.29) is 22.5 Å². The first-order valence-electron chi connectivity index (χ1n) is 9.46. The van der Waals surface area contributed by atoms with E-state index in [1.165, 1.54) is 25.3 Å². The van der Waals surface area contributed by atoms with Crippen molar-refractivity contribution in [2.75, 3.05) is 5.75 Å². The van der Waals surface area contributed by atoms with Gasteiger partial charge in [0.05, 0.1) is 5.75 Å². The van der Waals surface area contributed by atoms with Crippen molar-refractivity contribution in [2.45, 2.75) is 49.2 Å². The van der Waals surface area contributed by atoms with Gasteiger partial charge >= 0.3 is 0 Å². The molecular formula is C20H20F2N2O2S. The number of carbonyl (C=O) groups excluding carboxylic acids is 1. The van der Waals surface area contributed by atoms with Gasteiger partial charge in [0.25, 0.3) is 5.22 Å². The van der Waals surface area contributed by atoms with Crippen molar-refractivity contribution in [2.24, 2.45) is 17.8 Å². The van der Waals surface area contributed by atoms with Gasteiger partial charge in [-0.1, -0.05) is 11.8 Å². The van der Waals surface area contributed by atoms with Crippen LogP contribution >= 0.6 is 11.8 Å². The lowest BCUT2D eigenvalue weighted by Crippen LogP contribution is -2.48. The fourth-order valence-electron chi connectivity index (χ4n) is 5.74. The SMILES string of the molecule is O=C(CSc1nnc(C23CC4CC(CC(C4)C2)C3)o1)c1ccc(F)c(F)c1. The van der Waals surface area contributed by atoms with Crippen molar-refractivity contribution in [1.82, 2.24) is 10.2 Å². The summed E-state index contributed by atoms with van der Waals surface area (Å²) in [5, 5.41) is 8.83. The van der Waals surface area contributed by atoms with Crippen molar-refractivity contribution < 1.29 is 18.0 Å². The van der Waals surface area contributed by atoms with Crippen molar-refractivity contribution >= 4 is 17.5 Å². The number of carbonyl (C=O) groups is 1. The van der Waals surface area contributed by atoms with Crippen LogP contribution in [0.25, 0.3) is 0 Å². The number of halogens is 2. The number of aromatic nitrogens is 2. The fourth-order valence-corrected chi connectivity index (χ4v) is 6.39. The van der Waals surface area contributed by atoms with E-state index in [2.05, 4.69) is 10.2 Å². The second-order valence-electron chi connectivity index (χ2n) is 8.41. The number of thioether (sulfide) groups is 1. The fraction of sp³-hybridized carbons (Fsp3) is 0.550. The van der Waals surface area contributed by atoms with Crippen LogP contribution in [0.5, 0.6) is 0 Å². The first-order valence-corrected chi connectivity index (χ1v) is 10.4. The largest absolute Gasteiger partial charge is 0.415 e. The molecule has 1 heterocycles. The van der Waals surface area contributed by atoms with Gasteiger partial charge in [-0.3, -0.25) is 4.79 Å².